The molecule has 180 valence electrons. The van der Waals surface area contributed by atoms with Crippen LogP contribution in [0.25, 0.3) is 0 Å². The SMILES string of the molecule is C1CSSC1.CCCCC(=O)NCCCCC(NC(=O)c1cc(O)c(O)c(O)c1)C(=O)O. The van der Waals surface area contributed by atoms with Crippen molar-refractivity contribution in [2.45, 2.75) is 57.9 Å². The van der Waals surface area contributed by atoms with Gasteiger partial charge in [0.25, 0.3) is 5.91 Å². The average molecular weight is 489 g/mol. The molecule has 2 amide bonds. The van der Waals surface area contributed by atoms with Crippen LogP contribution in [-0.2, 0) is 9.59 Å². The molecule has 2 rings (SSSR count). The predicted molar refractivity (Wildman–Crippen MR) is 126 cm³/mol. The number of hydrogen-bond acceptors (Lipinski definition) is 8. The Bertz CT molecular complexity index is 727. The molecule has 11 heteroatoms. The maximum atomic E-state index is 12.1. The standard InChI is InChI=1S/C18H26N2O7.C3H6S2/c1-2-3-7-15(23)19-8-5-4-6-12(18(26)27)20-17(25)11-9-13(21)16(24)14(22)10-11;1-2-4-5-3-1/h9-10,12,21-22,24H,2-8H2,1H3,(H,19,23)(H,20,25)(H,26,27);1-3H2. The first kappa shape index (κ1) is 27.8. The van der Waals surface area contributed by atoms with Gasteiger partial charge in [-0.3, -0.25) is 9.59 Å². The summed E-state index contributed by atoms with van der Waals surface area (Å²) in [6.45, 7) is 2.43. The first-order chi connectivity index (χ1) is 15.3. The Morgan fingerprint density at radius 3 is 2.16 bits per heavy atom. The third-order valence-corrected chi connectivity index (χ3v) is 7.05. The minimum Gasteiger partial charge on any atom is -0.504 e. The van der Waals surface area contributed by atoms with Crippen molar-refractivity contribution in [1.29, 1.82) is 0 Å². The lowest BCUT2D eigenvalue weighted by Crippen LogP contribution is -2.40. The van der Waals surface area contributed by atoms with Crippen molar-refractivity contribution in [2.75, 3.05) is 18.1 Å². The van der Waals surface area contributed by atoms with Gasteiger partial charge in [-0.05, 0) is 44.2 Å². The lowest BCUT2D eigenvalue weighted by molar-refractivity contribution is -0.139. The second-order valence-electron chi connectivity index (χ2n) is 7.17. The third-order valence-electron chi connectivity index (χ3n) is 4.47. The zero-order chi connectivity index (χ0) is 23.9. The second-order valence-corrected chi connectivity index (χ2v) is 9.88. The molecule has 1 atom stereocenters. The van der Waals surface area contributed by atoms with E-state index in [9.17, 15) is 34.8 Å². The summed E-state index contributed by atoms with van der Waals surface area (Å²) in [5.74, 6) is -1.44. The van der Waals surface area contributed by atoms with Gasteiger partial charge < -0.3 is 31.1 Å². The van der Waals surface area contributed by atoms with E-state index in [-0.39, 0.29) is 17.9 Å². The maximum Gasteiger partial charge on any atom is 0.326 e. The largest absolute Gasteiger partial charge is 0.504 e. The highest BCUT2D eigenvalue weighted by Gasteiger charge is 2.21. The molecule has 0 aliphatic carbocycles. The Labute approximate surface area is 195 Å². The summed E-state index contributed by atoms with van der Waals surface area (Å²) in [5.41, 5.74) is -0.183. The Balaban J connectivity index is 0.000000894. The quantitative estimate of drug-likeness (QED) is 0.156. The minimum absolute atomic E-state index is 0.0353. The molecule has 1 aromatic carbocycles. The molecule has 9 nitrogen and oxygen atoms in total. The van der Waals surface area contributed by atoms with Crippen molar-refractivity contribution in [3.63, 3.8) is 0 Å². The molecule has 0 radical (unpaired) electrons. The number of carboxylic acid groups (broad SMARTS) is 1. The summed E-state index contributed by atoms with van der Waals surface area (Å²) in [5, 5.41) is 42.4. The van der Waals surface area contributed by atoms with Crippen LogP contribution >= 0.6 is 21.6 Å². The zero-order valence-electron chi connectivity index (χ0n) is 18.1. The number of carboxylic acids is 1. The smallest absolute Gasteiger partial charge is 0.326 e. The number of phenolic OH excluding ortho intramolecular Hbond substituents is 3. The van der Waals surface area contributed by atoms with Crippen molar-refractivity contribution >= 4 is 39.4 Å². The van der Waals surface area contributed by atoms with E-state index >= 15 is 0 Å². The average Bonchev–Trinajstić information content (AvgIpc) is 3.34. The van der Waals surface area contributed by atoms with E-state index in [0.29, 0.717) is 25.8 Å². The Hall–Kier alpha value is -2.27. The first-order valence-electron chi connectivity index (χ1n) is 10.6. The number of carbonyl (C=O) groups is 3. The van der Waals surface area contributed by atoms with Crippen LogP contribution in [-0.4, -0.2) is 62.3 Å². The first-order valence-corrected chi connectivity index (χ1v) is 13.0. The number of carbonyl (C=O) groups excluding carboxylic acids is 2. The Morgan fingerprint density at radius 1 is 1.03 bits per heavy atom. The molecule has 32 heavy (non-hydrogen) atoms. The molecule has 0 saturated carbocycles. The van der Waals surface area contributed by atoms with Crippen LogP contribution in [0.1, 0.15) is 62.2 Å². The van der Waals surface area contributed by atoms with Crippen molar-refractivity contribution in [2.24, 2.45) is 0 Å². The molecular formula is C21H32N2O7S2. The fourth-order valence-corrected chi connectivity index (χ4v) is 5.01. The van der Waals surface area contributed by atoms with Crippen LogP contribution in [0.4, 0.5) is 0 Å². The van der Waals surface area contributed by atoms with Crippen LogP contribution in [0.5, 0.6) is 17.2 Å². The van der Waals surface area contributed by atoms with Crippen LogP contribution in [0.3, 0.4) is 0 Å². The van der Waals surface area contributed by atoms with Crippen molar-refractivity contribution in [3.8, 4) is 17.2 Å². The normalized spacial score (nSPS) is 13.5. The van der Waals surface area contributed by atoms with Gasteiger partial charge in [0, 0.05) is 30.0 Å². The van der Waals surface area contributed by atoms with E-state index in [4.69, 9.17) is 0 Å². The van der Waals surface area contributed by atoms with Gasteiger partial charge in [-0.2, -0.15) is 0 Å². The van der Waals surface area contributed by atoms with Crippen LogP contribution < -0.4 is 10.6 Å². The number of nitrogens with one attached hydrogen (secondary N) is 2. The summed E-state index contributed by atoms with van der Waals surface area (Å²) >= 11 is 0. The number of aliphatic carboxylic acids is 1. The summed E-state index contributed by atoms with van der Waals surface area (Å²) < 4.78 is 0. The lowest BCUT2D eigenvalue weighted by atomic mass is 10.1. The third kappa shape index (κ3) is 10.9. The number of aromatic hydroxyl groups is 3. The molecule has 1 fully saturated rings. The van der Waals surface area contributed by atoms with Crippen LogP contribution in [0.2, 0.25) is 0 Å². The van der Waals surface area contributed by atoms with E-state index in [2.05, 4.69) is 10.6 Å². The van der Waals surface area contributed by atoms with Gasteiger partial charge >= 0.3 is 5.97 Å². The van der Waals surface area contributed by atoms with Crippen molar-refractivity contribution in [1.82, 2.24) is 10.6 Å². The zero-order valence-corrected chi connectivity index (χ0v) is 19.8. The lowest BCUT2D eigenvalue weighted by Gasteiger charge is -2.15. The Morgan fingerprint density at radius 2 is 1.66 bits per heavy atom. The van der Waals surface area contributed by atoms with Gasteiger partial charge in [-0.1, -0.05) is 34.9 Å². The van der Waals surface area contributed by atoms with Gasteiger partial charge in [0.15, 0.2) is 17.2 Å². The van der Waals surface area contributed by atoms with E-state index in [1.54, 1.807) is 0 Å². The van der Waals surface area contributed by atoms with Crippen LogP contribution in [0, 0.1) is 0 Å². The molecule has 1 aromatic rings. The highest BCUT2D eigenvalue weighted by atomic mass is 33.1. The maximum absolute atomic E-state index is 12.1. The number of unbranched alkanes of at least 4 members (excludes halogenated alkanes) is 2. The molecule has 1 aliphatic rings. The number of phenols is 3. The van der Waals surface area contributed by atoms with Gasteiger partial charge in [-0.15, -0.1) is 0 Å². The van der Waals surface area contributed by atoms with E-state index < -0.39 is 35.2 Å². The monoisotopic (exact) mass is 488 g/mol. The molecule has 1 heterocycles. The van der Waals surface area contributed by atoms with E-state index in [1.165, 1.54) is 17.9 Å². The molecule has 0 aromatic heterocycles. The Kier molecular flexibility index (Phi) is 13.5. The van der Waals surface area contributed by atoms with Gasteiger partial charge in [-0.25, -0.2) is 4.79 Å². The van der Waals surface area contributed by atoms with Gasteiger partial charge in [0.05, 0.1) is 0 Å². The van der Waals surface area contributed by atoms with E-state index in [1.807, 2.05) is 28.5 Å². The minimum atomic E-state index is -1.22. The van der Waals surface area contributed by atoms with Crippen molar-refractivity contribution < 1.29 is 34.8 Å². The number of rotatable bonds is 11. The summed E-state index contributed by atoms with van der Waals surface area (Å²) in [4.78, 5) is 34.9. The predicted octanol–water partition coefficient (Wildman–Crippen LogP) is 3.23. The topological polar surface area (TPSA) is 156 Å². The van der Waals surface area contributed by atoms with E-state index in [0.717, 1.165) is 25.0 Å². The number of hydrogen-bond donors (Lipinski definition) is 6. The van der Waals surface area contributed by atoms with Crippen molar-refractivity contribution in [3.05, 3.63) is 17.7 Å². The van der Waals surface area contributed by atoms with Gasteiger partial charge in [0.2, 0.25) is 5.91 Å². The summed E-state index contributed by atoms with van der Waals surface area (Å²) in [6, 6.07) is 0.691. The van der Waals surface area contributed by atoms with Crippen LogP contribution in [0.15, 0.2) is 12.1 Å². The fraction of sp³-hybridized carbons (Fsp3) is 0.571. The molecule has 0 spiro atoms. The molecule has 6 N–H and O–H groups in total. The molecule has 1 saturated heterocycles. The molecular weight excluding hydrogens is 456 g/mol. The highest BCUT2D eigenvalue weighted by Crippen LogP contribution is 2.35. The number of amides is 2. The summed E-state index contributed by atoms with van der Waals surface area (Å²) in [6.07, 6.45) is 4.84. The fourth-order valence-electron chi connectivity index (χ4n) is 2.66. The molecule has 0 bridgehead atoms. The molecule has 1 unspecified atom stereocenters. The second kappa shape index (κ2) is 15.5. The highest BCUT2D eigenvalue weighted by molar-refractivity contribution is 8.77. The number of benzene rings is 1. The summed E-state index contributed by atoms with van der Waals surface area (Å²) in [7, 11) is 3.98. The van der Waals surface area contributed by atoms with Gasteiger partial charge in [0.1, 0.15) is 6.04 Å². The molecule has 1 aliphatic heterocycles.